The monoisotopic (exact) mass is 358 g/mol. The number of hydrogen-bond acceptors (Lipinski definition) is 2. The third-order valence-corrected chi connectivity index (χ3v) is 5.10. The predicted molar refractivity (Wildman–Crippen MR) is 109 cm³/mol. The molecule has 0 bridgehead atoms. The highest BCUT2D eigenvalue weighted by atomic mass is 16.2. The average Bonchev–Trinajstić information content (AvgIpc) is 2.93. The Morgan fingerprint density at radius 1 is 1.04 bits per heavy atom. The molecule has 2 amide bonds. The molecule has 136 valence electrons. The number of carbonyl (C=O) groups excluding carboxylic acids is 2. The van der Waals surface area contributed by atoms with Gasteiger partial charge in [-0.05, 0) is 55.0 Å². The summed E-state index contributed by atoms with van der Waals surface area (Å²) in [6.45, 7) is 4.52. The normalized spacial score (nSPS) is 12.7. The first-order chi connectivity index (χ1) is 13.0. The average molecular weight is 358 g/mol. The second-order valence-corrected chi connectivity index (χ2v) is 7.11. The van der Waals surface area contributed by atoms with Crippen LogP contribution < -0.4 is 10.2 Å². The van der Waals surface area contributed by atoms with Crippen molar-refractivity contribution >= 4 is 34.0 Å². The highest BCUT2D eigenvalue weighted by molar-refractivity contribution is 6.25. The van der Waals surface area contributed by atoms with Crippen LogP contribution in [0.15, 0.2) is 54.6 Å². The van der Waals surface area contributed by atoms with Crippen LogP contribution in [0.3, 0.4) is 0 Å². The molecule has 1 aliphatic rings. The van der Waals surface area contributed by atoms with E-state index in [9.17, 15) is 9.59 Å². The van der Waals surface area contributed by atoms with Gasteiger partial charge in [0.2, 0.25) is 5.91 Å². The molecule has 0 radical (unpaired) electrons. The van der Waals surface area contributed by atoms with E-state index in [0.717, 1.165) is 38.8 Å². The fraction of sp³-hybridized carbons (Fsp3) is 0.217. The lowest BCUT2D eigenvalue weighted by Crippen LogP contribution is -2.28. The first kappa shape index (κ1) is 17.3. The van der Waals surface area contributed by atoms with Crippen LogP contribution in [0.2, 0.25) is 0 Å². The fourth-order valence-electron chi connectivity index (χ4n) is 3.68. The van der Waals surface area contributed by atoms with Gasteiger partial charge >= 0.3 is 0 Å². The number of nitrogens with one attached hydrogen (secondary N) is 1. The lowest BCUT2D eigenvalue weighted by molar-refractivity contribution is -0.116. The first-order valence-corrected chi connectivity index (χ1v) is 9.25. The number of hydrogen-bond donors (Lipinski definition) is 1. The van der Waals surface area contributed by atoms with Crippen molar-refractivity contribution in [2.45, 2.75) is 26.7 Å². The standard InChI is InChI=1S/C23H22N2O2/c1-15-11-12-16(2)19(14-15)24-21(26)10-5-13-25-20-9-4-7-17-6-3-8-18(22(17)20)23(25)27/h3-4,6-9,11-12,14H,5,10,13H2,1-2H3,(H,24,26). The number of amides is 2. The van der Waals surface area contributed by atoms with Crippen LogP contribution in [0.5, 0.6) is 0 Å². The molecular weight excluding hydrogens is 336 g/mol. The lowest BCUT2D eigenvalue weighted by Gasteiger charge is -2.17. The van der Waals surface area contributed by atoms with Crippen LogP contribution in [-0.4, -0.2) is 18.4 Å². The number of anilines is 2. The molecule has 4 heteroatoms. The van der Waals surface area contributed by atoms with Gasteiger partial charge in [0.15, 0.2) is 0 Å². The lowest BCUT2D eigenvalue weighted by atomic mass is 10.1. The van der Waals surface area contributed by atoms with E-state index >= 15 is 0 Å². The van der Waals surface area contributed by atoms with Gasteiger partial charge in [0.05, 0.1) is 5.69 Å². The molecule has 27 heavy (non-hydrogen) atoms. The predicted octanol–water partition coefficient (Wildman–Crippen LogP) is 4.84. The van der Waals surface area contributed by atoms with Gasteiger partial charge in [0.25, 0.3) is 5.91 Å². The van der Waals surface area contributed by atoms with Gasteiger partial charge in [0.1, 0.15) is 0 Å². The van der Waals surface area contributed by atoms with E-state index in [4.69, 9.17) is 0 Å². The summed E-state index contributed by atoms with van der Waals surface area (Å²) in [5.41, 5.74) is 4.72. The zero-order valence-corrected chi connectivity index (χ0v) is 15.6. The molecule has 3 aromatic rings. The summed E-state index contributed by atoms with van der Waals surface area (Å²) in [5, 5.41) is 5.08. The molecule has 0 saturated heterocycles. The van der Waals surface area contributed by atoms with Gasteiger partial charge in [-0.3, -0.25) is 9.59 Å². The summed E-state index contributed by atoms with van der Waals surface area (Å²) in [4.78, 5) is 26.9. The minimum Gasteiger partial charge on any atom is -0.326 e. The highest BCUT2D eigenvalue weighted by Crippen LogP contribution is 2.37. The van der Waals surface area contributed by atoms with Crippen molar-refractivity contribution in [3.05, 3.63) is 71.3 Å². The maximum atomic E-state index is 12.8. The number of benzene rings is 3. The molecule has 1 heterocycles. The molecule has 0 aromatic heterocycles. The minimum atomic E-state index is -0.0222. The van der Waals surface area contributed by atoms with Gasteiger partial charge in [-0.25, -0.2) is 0 Å². The Balaban J connectivity index is 1.41. The second-order valence-electron chi connectivity index (χ2n) is 7.11. The molecular formula is C23H22N2O2. The Morgan fingerprint density at radius 2 is 1.81 bits per heavy atom. The summed E-state index contributed by atoms with van der Waals surface area (Å²) < 4.78 is 0. The smallest absolute Gasteiger partial charge is 0.258 e. The van der Waals surface area contributed by atoms with Crippen molar-refractivity contribution in [2.75, 3.05) is 16.8 Å². The van der Waals surface area contributed by atoms with Crippen LogP contribution >= 0.6 is 0 Å². The van der Waals surface area contributed by atoms with E-state index in [1.165, 1.54) is 0 Å². The van der Waals surface area contributed by atoms with Gasteiger partial charge in [-0.2, -0.15) is 0 Å². The third-order valence-electron chi connectivity index (χ3n) is 5.10. The molecule has 0 aliphatic carbocycles. The largest absolute Gasteiger partial charge is 0.326 e. The Kier molecular flexibility index (Phi) is 4.40. The minimum absolute atomic E-state index is 0.0222. The fourth-order valence-corrected chi connectivity index (χ4v) is 3.68. The summed E-state index contributed by atoms with van der Waals surface area (Å²) in [5.74, 6) is 0.00260. The zero-order valence-electron chi connectivity index (χ0n) is 15.6. The van der Waals surface area contributed by atoms with E-state index in [1.807, 2.05) is 68.4 Å². The maximum Gasteiger partial charge on any atom is 0.258 e. The van der Waals surface area contributed by atoms with Crippen molar-refractivity contribution in [2.24, 2.45) is 0 Å². The van der Waals surface area contributed by atoms with Crippen LogP contribution in [0.1, 0.15) is 34.3 Å². The van der Waals surface area contributed by atoms with Crippen molar-refractivity contribution in [1.29, 1.82) is 0 Å². The quantitative estimate of drug-likeness (QED) is 0.710. The molecule has 1 aliphatic heterocycles. The van der Waals surface area contributed by atoms with Gasteiger partial charge in [-0.1, -0.05) is 36.4 Å². The molecule has 4 nitrogen and oxygen atoms in total. The van der Waals surface area contributed by atoms with Crippen LogP contribution in [-0.2, 0) is 4.79 Å². The topological polar surface area (TPSA) is 49.4 Å². The van der Waals surface area contributed by atoms with E-state index in [2.05, 4.69) is 5.32 Å². The number of rotatable bonds is 5. The first-order valence-electron chi connectivity index (χ1n) is 9.25. The van der Waals surface area contributed by atoms with Crippen molar-refractivity contribution < 1.29 is 9.59 Å². The molecule has 3 aromatic carbocycles. The summed E-state index contributed by atoms with van der Waals surface area (Å²) in [6, 6.07) is 17.8. The van der Waals surface area contributed by atoms with E-state index in [-0.39, 0.29) is 11.8 Å². The molecule has 0 unspecified atom stereocenters. The number of carbonyl (C=O) groups is 2. The Labute approximate surface area is 158 Å². The van der Waals surface area contributed by atoms with E-state index in [1.54, 1.807) is 4.90 Å². The second kappa shape index (κ2) is 6.88. The van der Waals surface area contributed by atoms with E-state index < -0.39 is 0 Å². The van der Waals surface area contributed by atoms with Crippen molar-refractivity contribution in [1.82, 2.24) is 0 Å². The number of nitrogens with zero attached hydrogens (tertiary/aromatic N) is 1. The van der Waals surface area contributed by atoms with Crippen LogP contribution in [0.4, 0.5) is 11.4 Å². The van der Waals surface area contributed by atoms with Crippen LogP contribution in [0.25, 0.3) is 10.8 Å². The van der Waals surface area contributed by atoms with Gasteiger partial charge < -0.3 is 10.2 Å². The molecule has 1 N–H and O–H groups in total. The Hall–Kier alpha value is -3.14. The molecule has 4 rings (SSSR count). The zero-order chi connectivity index (χ0) is 19.0. The molecule has 0 fully saturated rings. The Bertz CT molecular complexity index is 1050. The summed E-state index contributed by atoms with van der Waals surface area (Å²) >= 11 is 0. The third kappa shape index (κ3) is 3.19. The van der Waals surface area contributed by atoms with Gasteiger partial charge in [0, 0.05) is 29.6 Å². The highest BCUT2D eigenvalue weighted by Gasteiger charge is 2.28. The Morgan fingerprint density at radius 3 is 2.63 bits per heavy atom. The van der Waals surface area contributed by atoms with Crippen molar-refractivity contribution in [3.63, 3.8) is 0 Å². The van der Waals surface area contributed by atoms with Crippen LogP contribution in [0, 0.1) is 13.8 Å². The maximum absolute atomic E-state index is 12.8. The molecule has 0 atom stereocenters. The summed E-state index contributed by atoms with van der Waals surface area (Å²) in [7, 11) is 0. The van der Waals surface area contributed by atoms with Crippen molar-refractivity contribution in [3.8, 4) is 0 Å². The molecule has 0 spiro atoms. The number of aryl methyl sites for hydroxylation is 2. The van der Waals surface area contributed by atoms with E-state index in [0.29, 0.717) is 19.4 Å². The SMILES string of the molecule is Cc1ccc(C)c(NC(=O)CCCN2C(=O)c3cccc4cccc2c34)c1. The summed E-state index contributed by atoms with van der Waals surface area (Å²) in [6.07, 6.45) is 0.996. The molecule has 0 saturated carbocycles. The van der Waals surface area contributed by atoms with Gasteiger partial charge in [-0.15, -0.1) is 0 Å².